The number of hydrogen-bond acceptors (Lipinski definition) is 3. The Morgan fingerprint density at radius 1 is 1.07 bits per heavy atom. The number of halogens is 2. The lowest BCUT2D eigenvalue weighted by Gasteiger charge is -2.28. The number of nitrogens with zero attached hydrogens (tertiary/aromatic N) is 2. The highest BCUT2D eigenvalue weighted by Gasteiger charge is 2.21. The predicted molar refractivity (Wildman–Crippen MR) is 119 cm³/mol. The van der Waals surface area contributed by atoms with Gasteiger partial charge in [-0.05, 0) is 43.7 Å². The minimum Gasteiger partial charge on any atom is -0.338 e. The largest absolute Gasteiger partial charge is 0.338 e. The number of nitrogens with one attached hydrogen (secondary N) is 1. The van der Waals surface area contributed by atoms with E-state index in [1.165, 1.54) is 0 Å². The van der Waals surface area contributed by atoms with E-state index in [0.717, 1.165) is 12.0 Å². The Labute approximate surface area is 182 Å². The van der Waals surface area contributed by atoms with Crippen LogP contribution in [0.4, 0.5) is 5.69 Å². The zero-order chi connectivity index (χ0) is 21.4. The number of carbonyl (C=O) groups is 2. The molecule has 0 aliphatic rings. The first-order valence-corrected chi connectivity index (χ1v) is 10.3. The molecule has 0 aliphatic carbocycles. The average Bonchev–Trinajstić information content (AvgIpc) is 2.69. The summed E-state index contributed by atoms with van der Waals surface area (Å²) in [4.78, 5) is 28.8. The van der Waals surface area contributed by atoms with Crippen LogP contribution < -0.4 is 5.32 Å². The summed E-state index contributed by atoms with van der Waals surface area (Å²) < 4.78 is 0. The summed E-state index contributed by atoms with van der Waals surface area (Å²) in [5.41, 5.74) is 1.57. The third kappa shape index (κ3) is 7.03. The molecule has 2 rings (SSSR count). The molecular formula is C22H27Cl2N3O2. The van der Waals surface area contributed by atoms with Crippen molar-refractivity contribution < 1.29 is 9.59 Å². The lowest BCUT2D eigenvalue weighted by atomic mass is 10.1. The number of rotatable bonds is 9. The van der Waals surface area contributed by atoms with Gasteiger partial charge in [0.1, 0.15) is 0 Å². The van der Waals surface area contributed by atoms with Crippen molar-refractivity contribution in [2.24, 2.45) is 0 Å². The van der Waals surface area contributed by atoms with Crippen molar-refractivity contribution in [3.63, 3.8) is 0 Å². The fraction of sp³-hybridized carbons (Fsp3) is 0.364. The van der Waals surface area contributed by atoms with Crippen LogP contribution in [0, 0.1) is 0 Å². The van der Waals surface area contributed by atoms with Gasteiger partial charge in [-0.15, -0.1) is 0 Å². The Morgan fingerprint density at radius 2 is 1.76 bits per heavy atom. The minimum absolute atomic E-state index is 0.0351. The molecule has 2 aromatic rings. The molecule has 2 amide bonds. The van der Waals surface area contributed by atoms with E-state index >= 15 is 0 Å². The highest BCUT2D eigenvalue weighted by molar-refractivity contribution is 6.36. The van der Waals surface area contributed by atoms with E-state index < -0.39 is 0 Å². The Hall–Kier alpha value is -2.08. The molecule has 156 valence electrons. The van der Waals surface area contributed by atoms with Crippen LogP contribution in [0.3, 0.4) is 0 Å². The van der Waals surface area contributed by atoms with Crippen LogP contribution in [0.15, 0.2) is 48.5 Å². The number of likely N-dealkylation sites (N-methyl/N-ethyl adjacent to an activating group) is 1. The molecule has 1 N–H and O–H groups in total. The third-order valence-corrected chi connectivity index (χ3v) is 5.28. The van der Waals surface area contributed by atoms with E-state index in [-0.39, 0.29) is 30.9 Å². The van der Waals surface area contributed by atoms with Gasteiger partial charge >= 0.3 is 0 Å². The third-order valence-electron chi connectivity index (χ3n) is 4.73. The van der Waals surface area contributed by atoms with Crippen LogP contribution in [-0.2, 0) is 9.59 Å². The van der Waals surface area contributed by atoms with Crippen LogP contribution >= 0.6 is 23.2 Å². The Kier molecular flexibility index (Phi) is 8.96. The highest BCUT2D eigenvalue weighted by atomic mass is 35.5. The lowest BCUT2D eigenvalue weighted by molar-refractivity contribution is -0.133. The number of benzene rings is 2. The van der Waals surface area contributed by atoms with Gasteiger partial charge in [0.2, 0.25) is 11.8 Å². The van der Waals surface area contributed by atoms with Gasteiger partial charge in [0.25, 0.3) is 0 Å². The standard InChI is InChI=1S/C22H27Cl2N3O2/c1-4-12-27(14-21(28)25-20-11-10-18(23)13-19(20)24)15-22(29)26(3)16(2)17-8-6-5-7-9-17/h5-11,13,16H,4,12,14-15H2,1-3H3,(H,25,28). The number of amides is 2. The van der Waals surface area contributed by atoms with Crippen molar-refractivity contribution in [2.45, 2.75) is 26.3 Å². The zero-order valence-electron chi connectivity index (χ0n) is 17.0. The van der Waals surface area contributed by atoms with E-state index in [9.17, 15) is 9.59 Å². The fourth-order valence-corrected chi connectivity index (χ4v) is 3.44. The molecule has 0 aromatic heterocycles. The molecule has 5 nitrogen and oxygen atoms in total. The maximum atomic E-state index is 12.8. The summed E-state index contributed by atoms with van der Waals surface area (Å²) in [7, 11) is 1.79. The van der Waals surface area contributed by atoms with Crippen molar-refractivity contribution in [1.82, 2.24) is 9.80 Å². The van der Waals surface area contributed by atoms with Crippen LogP contribution in [0.1, 0.15) is 31.9 Å². The first-order valence-electron chi connectivity index (χ1n) is 9.59. The second-order valence-corrected chi connectivity index (χ2v) is 7.82. The first-order chi connectivity index (χ1) is 13.8. The lowest BCUT2D eigenvalue weighted by Crippen LogP contribution is -2.42. The Bertz CT molecular complexity index is 830. The van der Waals surface area contributed by atoms with Crippen LogP contribution in [0.2, 0.25) is 10.0 Å². The summed E-state index contributed by atoms with van der Waals surface area (Å²) in [5.74, 6) is -0.263. The molecule has 0 fully saturated rings. The van der Waals surface area contributed by atoms with E-state index in [2.05, 4.69) is 5.32 Å². The second-order valence-electron chi connectivity index (χ2n) is 6.97. The SMILES string of the molecule is CCCN(CC(=O)Nc1ccc(Cl)cc1Cl)CC(=O)N(C)C(C)c1ccccc1. The Balaban J connectivity index is 1.97. The van der Waals surface area contributed by atoms with Crippen molar-refractivity contribution in [3.8, 4) is 0 Å². The molecule has 0 radical (unpaired) electrons. The first kappa shape index (κ1) is 23.2. The van der Waals surface area contributed by atoms with Crippen LogP contribution in [0.5, 0.6) is 0 Å². The average molecular weight is 436 g/mol. The smallest absolute Gasteiger partial charge is 0.238 e. The zero-order valence-corrected chi connectivity index (χ0v) is 18.5. The second kappa shape index (κ2) is 11.2. The molecule has 0 aliphatic heterocycles. The van der Waals surface area contributed by atoms with Crippen LogP contribution in [0.25, 0.3) is 0 Å². The van der Waals surface area contributed by atoms with Gasteiger partial charge in [-0.25, -0.2) is 0 Å². The Morgan fingerprint density at radius 3 is 2.38 bits per heavy atom. The summed E-state index contributed by atoms with van der Waals surface area (Å²) in [6, 6.07) is 14.7. The van der Waals surface area contributed by atoms with Crippen molar-refractivity contribution >= 4 is 40.7 Å². The molecule has 0 saturated heterocycles. The summed E-state index contributed by atoms with van der Waals surface area (Å²) in [6.07, 6.45) is 0.834. The molecule has 2 aromatic carbocycles. The summed E-state index contributed by atoms with van der Waals surface area (Å²) in [5, 5.41) is 3.66. The minimum atomic E-state index is -0.228. The topological polar surface area (TPSA) is 52.7 Å². The van der Waals surface area contributed by atoms with Crippen molar-refractivity contribution in [2.75, 3.05) is 32.0 Å². The van der Waals surface area contributed by atoms with Gasteiger partial charge in [-0.1, -0.05) is 60.5 Å². The van der Waals surface area contributed by atoms with Crippen molar-refractivity contribution in [3.05, 3.63) is 64.1 Å². The molecule has 0 saturated carbocycles. The molecular weight excluding hydrogens is 409 g/mol. The normalized spacial score (nSPS) is 11.9. The highest BCUT2D eigenvalue weighted by Crippen LogP contribution is 2.25. The number of carbonyl (C=O) groups excluding carboxylic acids is 2. The molecule has 1 unspecified atom stereocenters. The summed E-state index contributed by atoms with van der Waals surface area (Å²) >= 11 is 12.0. The molecule has 0 heterocycles. The van der Waals surface area contributed by atoms with Gasteiger partial charge in [-0.2, -0.15) is 0 Å². The van der Waals surface area contributed by atoms with Crippen molar-refractivity contribution in [1.29, 1.82) is 0 Å². The fourth-order valence-electron chi connectivity index (χ4n) is 2.99. The van der Waals surface area contributed by atoms with E-state index in [1.807, 2.05) is 49.1 Å². The van der Waals surface area contributed by atoms with Gasteiger partial charge < -0.3 is 10.2 Å². The maximum absolute atomic E-state index is 12.8. The molecule has 7 heteroatoms. The van der Waals surface area contributed by atoms with Gasteiger partial charge in [0.05, 0.1) is 29.8 Å². The van der Waals surface area contributed by atoms with Gasteiger partial charge in [0, 0.05) is 12.1 Å². The van der Waals surface area contributed by atoms with Gasteiger partial charge in [0.15, 0.2) is 0 Å². The molecule has 0 spiro atoms. The van der Waals surface area contributed by atoms with E-state index in [0.29, 0.717) is 22.3 Å². The number of hydrogen-bond donors (Lipinski definition) is 1. The maximum Gasteiger partial charge on any atom is 0.238 e. The van der Waals surface area contributed by atoms with Crippen LogP contribution in [-0.4, -0.2) is 48.3 Å². The molecule has 29 heavy (non-hydrogen) atoms. The van der Waals surface area contributed by atoms with Gasteiger partial charge in [-0.3, -0.25) is 14.5 Å². The van der Waals surface area contributed by atoms with E-state index in [1.54, 1.807) is 30.1 Å². The monoisotopic (exact) mass is 435 g/mol. The summed E-state index contributed by atoms with van der Waals surface area (Å²) in [6.45, 7) is 4.92. The molecule has 1 atom stereocenters. The van der Waals surface area contributed by atoms with E-state index in [4.69, 9.17) is 23.2 Å². The molecule has 0 bridgehead atoms. The predicted octanol–water partition coefficient (Wildman–Crippen LogP) is 4.86. The quantitative estimate of drug-likeness (QED) is 0.611. The number of anilines is 1.